The second kappa shape index (κ2) is 9.67. The molecule has 34 heavy (non-hydrogen) atoms. The topological polar surface area (TPSA) is 139 Å². The average molecular weight is 482 g/mol. The van der Waals surface area contributed by atoms with E-state index >= 15 is 0 Å². The number of benzene rings is 2. The molecule has 0 fully saturated rings. The molecule has 0 radical (unpaired) electrons. The van der Waals surface area contributed by atoms with Crippen molar-refractivity contribution in [1.29, 1.82) is 0 Å². The van der Waals surface area contributed by atoms with E-state index in [0.717, 1.165) is 16.9 Å². The molecule has 4 rings (SSSR count). The third-order valence-electron chi connectivity index (χ3n) is 4.91. The number of nitrogens with two attached hydrogens (primary N) is 1. The van der Waals surface area contributed by atoms with Crippen LogP contribution in [0, 0.1) is 5.82 Å². The van der Waals surface area contributed by atoms with Crippen molar-refractivity contribution in [3.8, 4) is 0 Å². The number of hydrogen-bond donors (Lipinski definition) is 3. The first-order valence-electron chi connectivity index (χ1n) is 10.1. The van der Waals surface area contributed by atoms with E-state index in [1.54, 1.807) is 7.05 Å². The molecule has 2 aromatic carbocycles. The van der Waals surface area contributed by atoms with Gasteiger partial charge in [0.2, 0.25) is 5.01 Å². The summed E-state index contributed by atoms with van der Waals surface area (Å²) >= 11 is 1.04. The molecule has 0 unspecified atom stereocenters. The first-order valence-corrected chi connectivity index (χ1v) is 10.9. The highest BCUT2D eigenvalue weighted by Crippen LogP contribution is 2.20. The lowest BCUT2D eigenvalue weighted by Gasteiger charge is -2.20. The van der Waals surface area contributed by atoms with Crippen LogP contribution in [0.1, 0.15) is 20.4 Å². The Kier molecular flexibility index (Phi) is 6.50. The van der Waals surface area contributed by atoms with Crippen LogP contribution >= 0.6 is 11.3 Å². The molecule has 0 bridgehead atoms. The number of nitrogens with one attached hydrogen (secondary N) is 2. The minimum absolute atomic E-state index is 0.0129. The van der Waals surface area contributed by atoms with Crippen molar-refractivity contribution in [1.82, 2.24) is 19.7 Å². The van der Waals surface area contributed by atoms with E-state index in [2.05, 4.69) is 20.5 Å². The highest BCUT2D eigenvalue weighted by Gasteiger charge is 2.19. The molecular weight excluding hydrogens is 461 g/mol. The monoisotopic (exact) mass is 481 g/mol. The van der Waals surface area contributed by atoms with E-state index in [9.17, 15) is 18.8 Å². The molecule has 0 atom stereocenters. The average Bonchev–Trinajstić information content (AvgIpc) is 3.27. The number of halogens is 1. The van der Waals surface area contributed by atoms with Gasteiger partial charge in [0.15, 0.2) is 0 Å². The van der Waals surface area contributed by atoms with Crippen LogP contribution in [0.15, 0.2) is 64.2 Å². The van der Waals surface area contributed by atoms with Gasteiger partial charge in [-0.05, 0) is 29.8 Å². The van der Waals surface area contributed by atoms with Gasteiger partial charge in [0.05, 0.1) is 13.1 Å². The van der Waals surface area contributed by atoms with Crippen molar-refractivity contribution in [2.24, 2.45) is 0 Å². The van der Waals surface area contributed by atoms with E-state index < -0.39 is 23.0 Å². The zero-order chi connectivity index (χ0) is 24.2. The Bertz CT molecular complexity index is 1430. The van der Waals surface area contributed by atoms with Gasteiger partial charge in [0.1, 0.15) is 22.3 Å². The molecule has 2 aromatic heterocycles. The number of nitrogens with zero attached hydrogens (tertiary/aromatic N) is 4. The van der Waals surface area contributed by atoms with Gasteiger partial charge in [-0.1, -0.05) is 41.7 Å². The maximum absolute atomic E-state index is 13.0. The van der Waals surface area contributed by atoms with Crippen molar-refractivity contribution in [2.45, 2.75) is 13.1 Å². The number of H-pyrrole nitrogens is 1. The number of amides is 1. The van der Waals surface area contributed by atoms with Crippen molar-refractivity contribution in [3.63, 3.8) is 0 Å². The summed E-state index contributed by atoms with van der Waals surface area (Å²) in [5, 5.41) is 11.1. The molecule has 10 nitrogen and oxygen atoms in total. The van der Waals surface area contributed by atoms with E-state index in [-0.39, 0.29) is 29.6 Å². The van der Waals surface area contributed by atoms with Crippen LogP contribution in [0.5, 0.6) is 0 Å². The zero-order valence-corrected chi connectivity index (χ0v) is 18.8. The fourth-order valence-electron chi connectivity index (χ4n) is 3.28. The first kappa shape index (κ1) is 22.9. The van der Waals surface area contributed by atoms with Crippen LogP contribution in [-0.2, 0) is 13.1 Å². The van der Waals surface area contributed by atoms with Crippen LogP contribution in [0.3, 0.4) is 0 Å². The Morgan fingerprint density at radius 3 is 2.56 bits per heavy atom. The van der Waals surface area contributed by atoms with Gasteiger partial charge in [-0.25, -0.2) is 9.18 Å². The summed E-state index contributed by atoms with van der Waals surface area (Å²) in [6, 6.07) is 14.6. The number of carbonyl (C=O) groups excluding carboxylic acids is 1. The molecule has 0 aliphatic rings. The van der Waals surface area contributed by atoms with Gasteiger partial charge in [0, 0.05) is 12.7 Å². The van der Waals surface area contributed by atoms with Crippen molar-refractivity contribution in [3.05, 3.63) is 96.8 Å². The van der Waals surface area contributed by atoms with Gasteiger partial charge in [-0.3, -0.25) is 19.1 Å². The Balaban J connectivity index is 1.52. The number of hydrogen-bond acceptors (Lipinski definition) is 8. The third kappa shape index (κ3) is 5.02. The molecular formula is C22H20FN7O3S. The van der Waals surface area contributed by atoms with Crippen LogP contribution in [0.2, 0.25) is 0 Å². The van der Waals surface area contributed by atoms with Crippen LogP contribution < -0.4 is 27.2 Å². The van der Waals surface area contributed by atoms with Crippen molar-refractivity contribution >= 4 is 34.4 Å². The molecule has 2 heterocycles. The molecule has 0 aliphatic heterocycles. The minimum atomic E-state index is -0.631. The maximum Gasteiger partial charge on any atom is 0.330 e. The smallest absolute Gasteiger partial charge is 0.330 e. The zero-order valence-electron chi connectivity index (χ0n) is 18.0. The Hall–Kier alpha value is -4.32. The highest BCUT2D eigenvalue weighted by atomic mass is 32.1. The number of aromatic nitrogens is 4. The summed E-state index contributed by atoms with van der Waals surface area (Å²) in [5.74, 6) is -0.894. The summed E-state index contributed by atoms with van der Waals surface area (Å²) < 4.78 is 14.3. The quantitative estimate of drug-likeness (QED) is 0.367. The van der Waals surface area contributed by atoms with Crippen LogP contribution in [-0.4, -0.2) is 32.7 Å². The summed E-state index contributed by atoms with van der Waals surface area (Å²) in [6.45, 7) is 0.313. The Morgan fingerprint density at radius 2 is 1.85 bits per heavy atom. The van der Waals surface area contributed by atoms with Gasteiger partial charge >= 0.3 is 5.69 Å². The number of aromatic amines is 1. The molecule has 4 N–H and O–H groups in total. The lowest BCUT2D eigenvalue weighted by molar-refractivity contribution is 0.102. The fraction of sp³-hybridized carbons (Fsp3) is 0.136. The molecule has 0 saturated heterocycles. The minimum Gasteiger partial charge on any atom is -0.383 e. The highest BCUT2D eigenvalue weighted by molar-refractivity contribution is 7.13. The number of rotatable bonds is 7. The van der Waals surface area contributed by atoms with Gasteiger partial charge < -0.3 is 16.0 Å². The first-order chi connectivity index (χ1) is 16.3. The molecule has 0 aliphatic carbocycles. The maximum atomic E-state index is 13.0. The third-order valence-corrected chi connectivity index (χ3v) is 5.82. The standard InChI is InChI=1S/C22H20FN7O3S/c1-29(12-16-27-28-21(34-16)20(32)25-15-9-7-14(23)8-10-15)17-18(24)30(22(33)26-19(17)31)11-13-5-3-2-4-6-13/h2-10H,11-12,24H2,1H3,(H,25,32)(H,26,31,33). The lowest BCUT2D eigenvalue weighted by atomic mass is 10.2. The molecule has 1 amide bonds. The lowest BCUT2D eigenvalue weighted by Crippen LogP contribution is -2.37. The van der Waals surface area contributed by atoms with Crippen molar-refractivity contribution in [2.75, 3.05) is 23.0 Å². The van der Waals surface area contributed by atoms with Gasteiger partial charge in [-0.15, -0.1) is 10.2 Å². The Morgan fingerprint density at radius 1 is 1.15 bits per heavy atom. The second-order valence-electron chi connectivity index (χ2n) is 7.38. The summed E-state index contributed by atoms with van der Waals surface area (Å²) in [7, 11) is 1.62. The van der Waals surface area contributed by atoms with E-state index in [1.807, 2.05) is 30.3 Å². The summed E-state index contributed by atoms with van der Waals surface area (Å²) in [4.78, 5) is 41.1. The summed E-state index contributed by atoms with van der Waals surface area (Å²) in [5.41, 5.74) is 6.33. The number of anilines is 3. The fourth-order valence-corrected chi connectivity index (χ4v) is 4.07. The van der Waals surface area contributed by atoms with E-state index in [0.29, 0.717) is 10.7 Å². The molecule has 0 saturated carbocycles. The molecule has 12 heteroatoms. The summed E-state index contributed by atoms with van der Waals surface area (Å²) in [6.07, 6.45) is 0. The van der Waals surface area contributed by atoms with Crippen LogP contribution in [0.25, 0.3) is 0 Å². The molecule has 174 valence electrons. The largest absolute Gasteiger partial charge is 0.383 e. The van der Waals surface area contributed by atoms with Crippen LogP contribution in [0.4, 0.5) is 21.6 Å². The van der Waals surface area contributed by atoms with E-state index in [4.69, 9.17) is 5.73 Å². The SMILES string of the molecule is CN(Cc1nnc(C(=O)Nc2ccc(F)cc2)s1)c1c(N)n(Cc2ccccc2)c(=O)[nH]c1=O. The normalized spacial score (nSPS) is 10.8. The van der Waals surface area contributed by atoms with Gasteiger partial charge in [0.25, 0.3) is 11.5 Å². The predicted octanol–water partition coefficient (Wildman–Crippen LogP) is 2.05. The number of nitrogen functional groups attached to an aromatic ring is 1. The predicted molar refractivity (Wildman–Crippen MR) is 128 cm³/mol. The van der Waals surface area contributed by atoms with Crippen molar-refractivity contribution < 1.29 is 9.18 Å². The molecule has 4 aromatic rings. The molecule has 0 spiro atoms. The van der Waals surface area contributed by atoms with E-state index in [1.165, 1.54) is 33.7 Å². The second-order valence-corrected chi connectivity index (χ2v) is 8.44. The Labute approximate surface area is 196 Å². The number of carbonyl (C=O) groups is 1. The van der Waals surface area contributed by atoms with Gasteiger partial charge in [-0.2, -0.15) is 0 Å².